The quantitative estimate of drug-likeness (QED) is 0.556. The maximum absolute atomic E-state index is 12.5. The van der Waals surface area contributed by atoms with E-state index in [-0.39, 0.29) is 54.3 Å². The van der Waals surface area contributed by atoms with Crippen LogP contribution in [0.5, 0.6) is 5.75 Å². The zero-order valence-corrected chi connectivity index (χ0v) is 15.6. The normalized spacial score (nSPS) is 15.2. The lowest BCUT2D eigenvalue weighted by Crippen LogP contribution is -2.40. The molecule has 3 rings (SSSR count). The molecular weight excluding hydrogens is 394 g/mol. The van der Waals surface area contributed by atoms with Crippen LogP contribution in [0.15, 0.2) is 39.8 Å². The van der Waals surface area contributed by atoms with Crippen LogP contribution in [0, 0.1) is 10.1 Å². The molecule has 0 saturated carbocycles. The molecule has 11 nitrogen and oxygen atoms in total. The summed E-state index contributed by atoms with van der Waals surface area (Å²) in [4.78, 5) is 22.6. The Balaban J connectivity index is 1.78. The fourth-order valence-corrected chi connectivity index (χ4v) is 3.90. The molecule has 2 heterocycles. The number of nitro groups is 1. The Morgan fingerprint density at radius 1 is 1.25 bits per heavy atom. The van der Waals surface area contributed by atoms with E-state index in [1.807, 2.05) is 0 Å². The van der Waals surface area contributed by atoms with Gasteiger partial charge >= 0.3 is 0 Å². The first-order chi connectivity index (χ1) is 13.3. The van der Waals surface area contributed by atoms with Gasteiger partial charge in [0.2, 0.25) is 5.09 Å². The van der Waals surface area contributed by atoms with Gasteiger partial charge in [-0.05, 0) is 18.2 Å². The number of non-ortho nitro benzene ring substituents is 1. The molecule has 0 aliphatic carbocycles. The molecule has 1 aromatic heterocycles. The smallest absolute Gasteiger partial charge is 0.291 e. The average molecular weight is 411 g/mol. The Bertz CT molecular complexity index is 995. The van der Waals surface area contributed by atoms with Crippen molar-refractivity contribution in [2.75, 3.05) is 38.7 Å². The molecule has 1 fully saturated rings. The van der Waals surface area contributed by atoms with Gasteiger partial charge < -0.3 is 19.2 Å². The Labute approximate surface area is 160 Å². The largest absolute Gasteiger partial charge is 0.494 e. The number of methoxy groups -OCH3 is 1. The Hall–Kier alpha value is -2.96. The number of morpholine rings is 1. The molecule has 1 saturated heterocycles. The summed E-state index contributed by atoms with van der Waals surface area (Å²) in [6.45, 7) is 0.968. The van der Waals surface area contributed by atoms with Gasteiger partial charge in [0.25, 0.3) is 21.6 Å². The molecule has 0 radical (unpaired) electrons. The van der Waals surface area contributed by atoms with Gasteiger partial charge in [-0.15, -0.1) is 0 Å². The molecule has 1 aliphatic heterocycles. The third-order valence-corrected chi connectivity index (χ3v) is 5.79. The first-order valence-corrected chi connectivity index (χ1v) is 9.58. The van der Waals surface area contributed by atoms with E-state index in [1.165, 1.54) is 35.7 Å². The highest BCUT2D eigenvalue weighted by Crippen LogP contribution is 2.29. The first kappa shape index (κ1) is 19.8. The number of nitrogens with one attached hydrogen (secondary N) is 1. The molecular formula is C16H17N3O8S. The molecule has 0 spiro atoms. The number of amides is 1. The number of nitrogens with zero attached hydrogens (tertiary/aromatic N) is 2. The number of carbonyl (C=O) groups is 1. The van der Waals surface area contributed by atoms with Gasteiger partial charge in [0.15, 0.2) is 5.76 Å². The zero-order valence-electron chi connectivity index (χ0n) is 14.8. The maximum atomic E-state index is 12.5. The summed E-state index contributed by atoms with van der Waals surface area (Å²) in [5.41, 5.74) is -0.0289. The Kier molecular flexibility index (Phi) is 5.63. The van der Waals surface area contributed by atoms with Crippen molar-refractivity contribution in [1.29, 1.82) is 0 Å². The number of hydrogen-bond donors (Lipinski definition) is 1. The predicted molar refractivity (Wildman–Crippen MR) is 95.9 cm³/mol. The van der Waals surface area contributed by atoms with Crippen LogP contribution in [-0.2, 0) is 14.8 Å². The highest BCUT2D eigenvalue weighted by atomic mass is 32.2. The summed E-state index contributed by atoms with van der Waals surface area (Å²) < 4.78 is 41.7. The molecule has 12 heteroatoms. The molecule has 0 atom stereocenters. The Morgan fingerprint density at radius 3 is 2.61 bits per heavy atom. The minimum absolute atomic E-state index is 0.0790. The van der Waals surface area contributed by atoms with E-state index in [9.17, 15) is 23.3 Å². The standard InChI is InChI=1S/C16H17N3O8S/c1-25-14-10-11(19(21)22)2-3-12(14)17-16(20)13-4-5-15(27-13)28(23,24)18-6-8-26-9-7-18/h2-5,10H,6-9H2,1H3,(H,17,20). The molecule has 1 N–H and O–H groups in total. The number of rotatable bonds is 6. The lowest BCUT2D eigenvalue weighted by atomic mass is 10.2. The molecule has 150 valence electrons. The van der Waals surface area contributed by atoms with Crippen molar-refractivity contribution in [3.63, 3.8) is 0 Å². The molecule has 1 aliphatic rings. The minimum Gasteiger partial charge on any atom is -0.494 e. The van der Waals surface area contributed by atoms with Crippen molar-refractivity contribution >= 4 is 27.3 Å². The number of benzene rings is 1. The van der Waals surface area contributed by atoms with E-state index in [2.05, 4.69) is 5.32 Å². The van der Waals surface area contributed by atoms with Crippen molar-refractivity contribution < 1.29 is 32.0 Å². The van der Waals surface area contributed by atoms with Crippen LogP contribution in [0.2, 0.25) is 0 Å². The molecule has 0 bridgehead atoms. The van der Waals surface area contributed by atoms with E-state index >= 15 is 0 Å². The van der Waals surface area contributed by atoms with Gasteiger partial charge in [-0.3, -0.25) is 14.9 Å². The second kappa shape index (κ2) is 7.96. The van der Waals surface area contributed by atoms with Gasteiger partial charge in [-0.1, -0.05) is 0 Å². The second-order valence-electron chi connectivity index (χ2n) is 5.73. The molecule has 2 aromatic rings. The summed E-state index contributed by atoms with van der Waals surface area (Å²) in [5.74, 6) is -0.877. The van der Waals surface area contributed by atoms with Crippen LogP contribution in [-0.4, -0.2) is 57.0 Å². The summed E-state index contributed by atoms with van der Waals surface area (Å²) in [6, 6.07) is 6.11. The van der Waals surface area contributed by atoms with Crippen molar-refractivity contribution in [1.82, 2.24) is 4.31 Å². The second-order valence-corrected chi connectivity index (χ2v) is 7.60. The van der Waals surface area contributed by atoms with E-state index in [4.69, 9.17) is 13.9 Å². The van der Waals surface area contributed by atoms with E-state index in [0.29, 0.717) is 0 Å². The van der Waals surface area contributed by atoms with Crippen molar-refractivity contribution in [3.05, 3.63) is 46.2 Å². The SMILES string of the molecule is COc1cc([N+](=O)[O-])ccc1NC(=O)c1ccc(S(=O)(=O)N2CCOCC2)o1. The predicted octanol–water partition coefficient (Wildman–Crippen LogP) is 1.47. The average Bonchev–Trinajstić information content (AvgIpc) is 3.20. The number of sulfonamides is 1. The third kappa shape index (κ3) is 3.98. The van der Waals surface area contributed by atoms with Crippen molar-refractivity contribution in [2.24, 2.45) is 0 Å². The number of anilines is 1. The molecule has 1 amide bonds. The van der Waals surface area contributed by atoms with E-state index in [0.717, 1.165) is 6.07 Å². The van der Waals surface area contributed by atoms with Crippen LogP contribution < -0.4 is 10.1 Å². The minimum atomic E-state index is -3.87. The third-order valence-electron chi connectivity index (χ3n) is 4.01. The number of furan rings is 1. The first-order valence-electron chi connectivity index (χ1n) is 8.14. The number of hydrogen-bond acceptors (Lipinski definition) is 8. The topological polar surface area (TPSA) is 141 Å². The number of carbonyl (C=O) groups excluding carboxylic acids is 1. The van der Waals surface area contributed by atoms with Gasteiger partial charge in [0.1, 0.15) is 5.75 Å². The van der Waals surface area contributed by atoms with Crippen LogP contribution in [0.25, 0.3) is 0 Å². The zero-order chi connectivity index (χ0) is 20.3. The van der Waals surface area contributed by atoms with Crippen LogP contribution >= 0.6 is 0 Å². The maximum Gasteiger partial charge on any atom is 0.291 e. The van der Waals surface area contributed by atoms with Crippen LogP contribution in [0.4, 0.5) is 11.4 Å². The molecule has 28 heavy (non-hydrogen) atoms. The van der Waals surface area contributed by atoms with E-state index < -0.39 is 20.9 Å². The van der Waals surface area contributed by atoms with E-state index in [1.54, 1.807) is 0 Å². The monoisotopic (exact) mass is 411 g/mol. The number of ether oxygens (including phenoxy) is 2. The van der Waals surface area contributed by atoms with Crippen LogP contribution in [0.1, 0.15) is 10.6 Å². The van der Waals surface area contributed by atoms with Crippen LogP contribution in [0.3, 0.4) is 0 Å². The lowest BCUT2D eigenvalue weighted by Gasteiger charge is -2.24. The van der Waals surface area contributed by atoms with Gasteiger partial charge in [-0.2, -0.15) is 4.31 Å². The lowest BCUT2D eigenvalue weighted by molar-refractivity contribution is -0.384. The fourth-order valence-electron chi connectivity index (χ4n) is 2.58. The molecule has 0 unspecified atom stereocenters. The summed E-state index contributed by atoms with van der Waals surface area (Å²) >= 11 is 0. The van der Waals surface area contributed by atoms with Crippen molar-refractivity contribution in [2.45, 2.75) is 5.09 Å². The molecule has 1 aromatic carbocycles. The summed E-state index contributed by atoms with van der Waals surface area (Å²) in [7, 11) is -2.57. The Morgan fingerprint density at radius 2 is 1.96 bits per heavy atom. The number of nitro benzene ring substituents is 1. The summed E-state index contributed by atoms with van der Waals surface area (Å²) in [6.07, 6.45) is 0. The van der Waals surface area contributed by atoms with Crippen molar-refractivity contribution in [3.8, 4) is 5.75 Å². The highest BCUT2D eigenvalue weighted by molar-refractivity contribution is 7.89. The van der Waals surface area contributed by atoms with Gasteiger partial charge in [0.05, 0.1) is 37.0 Å². The van der Waals surface area contributed by atoms with Gasteiger partial charge in [0, 0.05) is 19.2 Å². The fraction of sp³-hybridized carbons (Fsp3) is 0.312. The van der Waals surface area contributed by atoms with Gasteiger partial charge in [-0.25, -0.2) is 8.42 Å². The highest BCUT2D eigenvalue weighted by Gasteiger charge is 2.30. The summed E-state index contributed by atoms with van der Waals surface area (Å²) in [5, 5.41) is 13.0.